The molecule has 0 unspecified atom stereocenters. The highest BCUT2D eigenvalue weighted by Gasteiger charge is 2.26. The van der Waals surface area contributed by atoms with Crippen LogP contribution in [-0.2, 0) is 26.4 Å². The lowest BCUT2D eigenvalue weighted by molar-refractivity contribution is 0.0771. The molecule has 0 saturated heterocycles. The van der Waals surface area contributed by atoms with Gasteiger partial charge in [-0.3, -0.25) is 9.48 Å². The van der Waals surface area contributed by atoms with E-state index in [1.54, 1.807) is 9.58 Å². The minimum Gasteiger partial charge on any atom is -0.493 e. The van der Waals surface area contributed by atoms with Crippen LogP contribution >= 0.6 is 0 Å². The fraction of sp³-hybridized carbons (Fsp3) is 0.524. The van der Waals surface area contributed by atoms with Crippen molar-refractivity contribution in [3.63, 3.8) is 0 Å². The van der Waals surface area contributed by atoms with Gasteiger partial charge in [-0.1, -0.05) is 32.0 Å². The van der Waals surface area contributed by atoms with Crippen molar-refractivity contribution >= 4 is 5.91 Å². The number of para-hydroxylation sites is 1. The van der Waals surface area contributed by atoms with E-state index in [9.17, 15) is 4.79 Å². The maximum Gasteiger partial charge on any atom is 0.272 e. The maximum absolute atomic E-state index is 13.1. The fourth-order valence-corrected chi connectivity index (χ4v) is 3.49. The Bertz CT molecular complexity index is 780. The Kier molecular flexibility index (Phi) is 5.64. The topological polar surface area (TPSA) is 47.4 Å². The van der Waals surface area contributed by atoms with Gasteiger partial charge in [0, 0.05) is 31.8 Å². The Labute approximate surface area is 156 Å². The van der Waals surface area contributed by atoms with Gasteiger partial charge >= 0.3 is 0 Å². The van der Waals surface area contributed by atoms with Crippen molar-refractivity contribution < 1.29 is 9.53 Å². The van der Waals surface area contributed by atoms with Crippen LogP contribution in [0, 0.1) is 5.92 Å². The summed E-state index contributed by atoms with van der Waals surface area (Å²) in [6, 6.07) is 7.96. The number of hydrogen-bond acceptors (Lipinski definition) is 3. The third kappa shape index (κ3) is 3.92. The minimum absolute atomic E-state index is 0.0295. The Hall–Kier alpha value is -2.30. The van der Waals surface area contributed by atoms with Crippen LogP contribution in [0.25, 0.3) is 0 Å². The molecule has 0 bridgehead atoms. The summed E-state index contributed by atoms with van der Waals surface area (Å²) >= 11 is 0. The number of aryl methyl sites for hydroxylation is 2. The molecule has 140 valence electrons. The molecule has 0 spiro atoms. The monoisotopic (exact) mass is 355 g/mol. The van der Waals surface area contributed by atoms with Crippen molar-refractivity contribution in [2.45, 2.75) is 46.1 Å². The van der Waals surface area contributed by atoms with Crippen LogP contribution in [0.15, 0.2) is 24.3 Å². The molecule has 5 heteroatoms. The van der Waals surface area contributed by atoms with Gasteiger partial charge in [-0.05, 0) is 37.7 Å². The lowest BCUT2D eigenvalue weighted by atomic mass is 9.95. The van der Waals surface area contributed by atoms with Crippen molar-refractivity contribution in [1.29, 1.82) is 0 Å². The molecule has 26 heavy (non-hydrogen) atoms. The molecule has 0 fully saturated rings. The van der Waals surface area contributed by atoms with Gasteiger partial charge in [0.25, 0.3) is 5.91 Å². The quantitative estimate of drug-likeness (QED) is 0.795. The molecule has 3 rings (SSSR count). The summed E-state index contributed by atoms with van der Waals surface area (Å²) in [5.74, 6) is 1.35. The largest absolute Gasteiger partial charge is 0.493 e. The first-order chi connectivity index (χ1) is 12.5. The number of amides is 1. The summed E-state index contributed by atoms with van der Waals surface area (Å²) in [4.78, 5) is 14.9. The van der Waals surface area contributed by atoms with E-state index in [0.717, 1.165) is 53.9 Å². The second-order valence-electron chi connectivity index (χ2n) is 7.58. The highest BCUT2D eigenvalue weighted by molar-refractivity contribution is 5.94. The number of carbonyl (C=O) groups is 1. The molecule has 1 heterocycles. The Morgan fingerprint density at radius 3 is 2.77 bits per heavy atom. The Morgan fingerprint density at radius 2 is 2.00 bits per heavy atom. The highest BCUT2D eigenvalue weighted by atomic mass is 16.5. The molecular weight excluding hydrogens is 326 g/mol. The number of hydrogen-bond donors (Lipinski definition) is 0. The van der Waals surface area contributed by atoms with Gasteiger partial charge < -0.3 is 9.64 Å². The summed E-state index contributed by atoms with van der Waals surface area (Å²) in [7, 11) is 3.73. The molecule has 2 aromatic rings. The molecule has 0 aliphatic heterocycles. The van der Waals surface area contributed by atoms with E-state index < -0.39 is 0 Å². The number of aromatic nitrogens is 2. The number of carbonyl (C=O) groups excluding carboxylic acids is 1. The van der Waals surface area contributed by atoms with Crippen molar-refractivity contribution in [3.05, 3.63) is 46.8 Å². The van der Waals surface area contributed by atoms with Gasteiger partial charge in [0.15, 0.2) is 0 Å². The van der Waals surface area contributed by atoms with E-state index in [1.165, 1.54) is 0 Å². The first-order valence-corrected chi connectivity index (χ1v) is 9.48. The zero-order valence-electron chi connectivity index (χ0n) is 16.3. The normalized spacial score (nSPS) is 13.6. The summed E-state index contributed by atoms with van der Waals surface area (Å²) in [5.41, 5.74) is 4.00. The molecule has 1 aromatic heterocycles. The third-order valence-corrected chi connectivity index (χ3v) is 4.82. The lowest BCUT2D eigenvalue weighted by Crippen LogP contribution is -2.29. The molecular formula is C21H29N3O2. The van der Waals surface area contributed by atoms with E-state index in [4.69, 9.17) is 4.74 Å². The molecule has 1 aliphatic rings. The number of rotatable bonds is 6. The first-order valence-electron chi connectivity index (χ1n) is 9.48. The predicted octanol–water partition coefficient (Wildman–Crippen LogP) is 3.61. The summed E-state index contributed by atoms with van der Waals surface area (Å²) in [5, 5.41) is 4.57. The number of fused-ring (bicyclic) bond motifs is 1. The van der Waals surface area contributed by atoms with E-state index >= 15 is 0 Å². The molecule has 0 atom stereocenters. The highest BCUT2D eigenvalue weighted by Crippen LogP contribution is 2.26. The minimum atomic E-state index is 0.0295. The van der Waals surface area contributed by atoms with Crippen molar-refractivity contribution in [3.8, 4) is 5.75 Å². The summed E-state index contributed by atoms with van der Waals surface area (Å²) in [6.07, 6.45) is 4.22. The molecule has 1 amide bonds. The number of ether oxygens (including phenoxy) is 1. The second kappa shape index (κ2) is 7.94. The van der Waals surface area contributed by atoms with Crippen LogP contribution in [0.3, 0.4) is 0 Å². The van der Waals surface area contributed by atoms with Crippen LogP contribution in [-0.4, -0.2) is 34.2 Å². The van der Waals surface area contributed by atoms with Crippen LogP contribution in [0.4, 0.5) is 0 Å². The van der Waals surface area contributed by atoms with Gasteiger partial charge in [0.1, 0.15) is 11.4 Å². The van der Waals surface area contributed by atoms with E-state index in [0.29, 0.717) is 19.1 Å². The van der Waals surface area contributed by atoms with E-state index in [1.807, 2.05) is 38.4 Å². The molecule has 1 aromatic carbocycles. The molecule has 5 nitrogen and oxygen atoms in total. The summed E-state index contributed by atoms with van der Waals surface area (Å²) < 4.78 is 7.69. The molecule has 0 N–H and O–H groups in total. The Balaban J connectivity index is 1.78. The van der Waals surface area contributed by atoms with E-state index in [-0.39, 0.29) is 5.91 Å². The standard InChI is InChI=1S/C21H29N3O2/c1-15(2)14-26-19-12-8-5-9-16(19)13-23(3)21(25)20-17-10-6-7-11-18(17)22-24(20)4/h5,8-9,12,15H,6-7,10-11,13-14H2,1-4H3. The maximum atomic E-state index is 13.1. The zero-order chi connectivity index (χ0) is 18.7. The number of benzene rings is 1. The van der Waals surface area contributed by atoms with Crippen LogP contribution in [0.1, 0.15) is 54.0 Å². The van der Waals surface area contributed by atoms with E-state index in [2.05, 4.69) is 18.9 Å². The molecule has 0 saturated carbocycles. The van der Waals surface area contributed by atoms with Crippen molar-refractivity contribution in [2.24, 2.45) is 13.0 Å². The average molecular weight is 355 g/mol. The van der Waals surface area contributed by atoms with Crippen molar-refractivity contribution in [1.82, 2.24) is 14.7 Å². The number of nitrogens with zero attached hydrogens (tertiary/aromatic N) is 3. The predicted molar refractivity (Wildman–Crippen MR) is 102 cm³/mol. The first kappa shape index (κ1) is 18.5. The second-order valence-corrected chi connectivity index (χ2v) is 7.58. The van der Waals surface area contributed by atoms with Crippen LogP contribution < -0.4 is 4.74 Å². The van der Waals surface area contributed by atoms with Crippen LogP contribution in [0.2, 0.25) is 0 Å². The SMILES string of the molecule is CC(C)COc1ccccc1CN(C)C(=O)c1c2c(nn1C)CCCC2. The van der Waals surface area contributed by atoms with Gasteiger partial charge in [-0.25, -0.2) is 0 Å². The third-order valence-electron chi connectivity index (χ3n) is 4.82. The average Bonchev–Trinajstić information content (AvgIpc) is 2.95. The molecule has 0 radical (unpaired) electrons. The van der Waals surface area contributed by atoms with Gasteiger partial charge in [0.2, 0.25) is 0 Å². The smallest absolute Gasteiger partial charge is 0.272 e. The Morgan fingerprint density at radius 1 is 1.27 bits per heavy atom. The van der Waals surface area contributed by atoms with Crippen molar-refractivity contribution in [2.75, 3.05) is 13.7 Å². The van der Waals surface area contributed by atoms with Gasteiger partial charge in [-0.2, -0.15) is 5.10 Å². The van der Waals surface area contributed by atoms with Gasteiger partial charge in [-0.15, -0.1) is 0 Å². The summed E-state index contributed by atoms with van der Waals surface area (Å²) in [6.45, 7) is 5.45. The fourth-order valence-electron chi connectivity index (χ4n) is 3.49. The zero-order valence-corrected chi connectivity index (χ0v) is 16.3. The van der Waals surface area contributed by atoms with Gasteiger partial charge in [0.05, 0.1) is 12.3 Å². The molecule has 1 aliphatic carbocycles. The van der Waals surface area contributed by atoms with Crippen LogP contribution in [0.5, 0.6) is 5.75 Å². The lowest BCUT2D eigenvalue weighted by Gasteiger charge is -2.21.